The van der Waals surface area contributed by atoms with E-state index < -0.39 is 0 Å². The quantitative estimate of drug-likeness (QED) is 0.514. The lowest BCUT2D eigenvalue weighted by atomic mass is 10.1. The molecule has 3 nitrogen and oxygen atoms in total. The predicted octanol–water partition coefficient (Wildman–Crippen LogP) is 5.28. The zero-order valence-corrected chi connectivity index (χ0v) is 14.6. The largest absolute Gasteiger partial charge is 0.497 e. The number of H-pyrrole nitrogens is 1. The van der Waals surface area contributed by atoms with Crippen molar-refractivity contribution in [3.63, 3.8) is 0 Å². The number of aryl methyl sites for hydroxylation is 1. The van der Waals surface area contributed by atoms with E-state index in [1.807, 2.05) is 18.2 Å². The highest BCUT2D eigenvalue weighted by Gasteiger charge is 2.11. The number of hydrogen-bond donors (Lipinski definition) is 1. The second kappa shape index (κ2) is 5.51. The van der Waals surface area contributed by atoms with Gasteiger partial charge >= 0.3 is 0 Å². The molecule has 4 aromatic rings. The van der Waals surface area contributed by atoms with Crippen molar-refractivity contribution in [3.8, 4) is 5.75 Å². The third-order valence-electron chi connectivity index (χ3n) is 4.19. The van der Waals surface area contributed by atoms with Crippen molar-refractivity contribution in [2.24, 2.45) is 0 Å². The Balaban J connectivity index is 1.89. The average molecular weight is 340 g/mol. The summed E-state index contributed by atoms with van der Waals surface area (Å²) in [6, 6.07) is 12.4. The Morgan fingerprint density at radius 3 is 2.96 bits per heavy atom. The van der Waals surface area contributed by atoms with Crippen molar-refractivity contribution in [1.82, 2.24) is 9.55 Å². The van der Waals surface area contributed by atoms with Gasteiger partial charge in [0.1, 0.15) is 5.75 Å². The van der Waals surface area contributed by atoms with Crippen molar-refractivity contribution < 1.29 is 4.74 Å². The average Bonchev–Trinajstić information content (AvgIpc) is 3.10. The maximum absolute atomic E-state index is 5.53. The van der Waals surface area contributed by atoms with Crippen LogP contribution in [0, 0.1) is 11.7 Å². The molecule has 2 aromatic heterocycles. The van der Waals surface area contributed by atoms with Gasteiger partial charge < -0.3 is 14.3 Å². The first-order valence-electron chi connectivity index (χ1n) is 7.39. The fraction of sp³-hybridized carbons (Fsp3) is 0.167. The number of thiophene rings is 1. The van der Waals surface area contributed by atoms with E-state index in [4.69, 9.17) is 17.0 Å². The number of nitrogens with zero attached hydrogens (tertiary/aromatic N) is 1. The summed E-state index contributed by atoms with van der Waals surface area (Å²) in [7, 11) is 1.68. The molecular formula is C18H16N2OS2. The van der Waals surface area contributed by atoms with E-state index in [0.717, 1.165) is 28.1 Å². The monoisotopic (exact) mass is 340 g/mol. The van der Waals surface area contributed by atoms with Gasteiger partial charge in [0, 0.05) is 16.2 Å². The number of hydrogen-bond acceptors (Lipinski definition) is 3. The van der Waals surface area contributed by atoms with Gasteiger partial charge in [-0.1, -0.05) is 12.1 Å². The second-order valence-electron chi connectivity index (χ2n) is 5.61. The van der Waals surface area contributed by atoms with Crippen LogP contribution in [-0.2, 0) is 6.54 Å². The van der Waals surface area contributed by atoms with Gasteiger partial charge in [0.15, 0.2) is 4.77 Å². The molecule has 1 N–H and O–H groups in total. The van der Waals surface area contributed by atoms with Gasteiger partial charge in [-0.05, 0) is 53.8 Å². The summed E-state index contributed by atoms with van der Waals surface area (Å²) < 4.78 is 9.55. The SMILES string of the molecule is COc1ccc2[nH]c(=S)n(Cc3csc4cccc(C)c34)c2c1. The number of aromatic amines is 1. The molecule has 0 atom stereocenters. The van der Waals surface area contributed by atoms with Crippen LogP contribution >= 0.6 is 23.6 Å². The van der Waals surface area contributed by atoms with Crippen LogP contribution in [0.5, 0.6) is 5.75 Å². The van der Waals surface area contributed by atoms with E-state index in [1.165, 1.54) is 21.2 Å². The van der Waals surface area contributed by atoms with Gasteiger partial charge in [-0.2, -0.15) is 0 Å². The van der Waals surface area contributed by atoms with Gasteiger partial charge in [-0.3, -0.25) is 0 Å². The topological polar surface area (TPSA) is 29.9 Å². The van der Waals surface area contributed by atoms with Crippen LogP contribution in [0.15, 0.2) is 41.8 Å². The number of benzene rings is 2. The predicted molar refractivity (Wildman–Crippen MR) is 99.3 cm³/mol. The van der Waals surface area contributed by atoms with Crippen molar-refractivity contribution in [1.29, 1.82) is 0 Å². The molecule has 0 aliphatic rings. The van der Waals surface area contributed by atoms with E-state index in [-0.39, 0.29) is 0 Å². The third-order valence-corrected chi connectivity index (χ3v) is 5.51. The molecular weight excluding hydrogens is 324 g/mol. The van der Waals surface area contributed by atoms with E-state index in [1.54, 1.807) is 18.4 Å². The Hall–Kier alpha value is -2.11. The van der Waals surface area contributed by atoms with Crippen LogP contribution in [0.1, 0.15) is 11.1 Å². The Labute approximate surface area is 143 Å². The zero-order valence-electron chi connectivity index (χ0n) is 12.9. The molecule has 0 amide bonds. The lowest BCUT2D eigenvalue weighted by molar-refractivity contribution is 0.415. The molecule has 0 bridgehead atoms. The number of ether oxygens (including phenoxy) is 1. The number of aromatic nitrogens is 2. The molecule has 5 heteroatoms. The zero-order chi connectivity index (χ0) is 16.0. The summed E-state index contributed by atoms with van der Waals surface area (Å²) in [5.74, 6) is 0.839. The number of rotatable bonds is 3. The molecule has 0 unspecified atom stereocenters. The van der Waals surface area contributed by atoms with Crippen LogP contribution in [0.4, 0.5) is 0 Å². The van der Waals surface area contributed by atoms with Crippen LogP contribution in [0.25, 0.3) is 21.1 Å². The van der Waals surface area contributed by atoms with E-state index in [2.05, 4.69) is 40.1 Å². The summed E-state index contributed by atoms with van der Waals surface area (Å²) in [4.78, 5) is 3.28. The maximum atomic E-state index is 5.53. The molecule has 23 heavy (non-hydrogen) atoms. The normalized spacial score (nSPS) is 11.4. The molecule has 0 radical (unpaired) electrons. The number of fused-ring (bicyclic) bond motifs is 2. The van der Waals surface area contributed by atoms with E-state index in [0.29, 0.717) is 0 Å². The third kappa shape index (κ3) is 2.36. The van der Waals surface area contributed by atoms with Crippen LogP contribution < -0.4 is 4.74 Å². The molecule has 116 valence electrons. The van der Waals surface area contributed by atoms with Crippen LogP contribution in [0.3, 0.4) is 0 Å². The first-order valence-corrected chi connectivity index (χ1v) is 8.68. The summed E-state index contributed by atoms with van der Waals surface area (Å²) >= 11 is 7.32. The molecule has 4 rings (SSSR count). The number of nitrogens with one attached hydrogen (secondary N) is 1. The summed E-state index contributed by atoms with van der Waals surface area (Å²) in [6.07, 6.45) is 0. The first-order chi connectivity index (χ1) is 11.2. The van der Waals surface area contributed by atoms with Gasteiger partial charge in [-0.15, -0.1) is 11.3 Å². The fourth-order valence-electron chi connectivity index (χ4n) is 3.05. The molecule has 2 heterocycles. The summed E-state index contributed by atoms with van der Waals surface area (Å²) in [5.41, 5.74) is 4.72. The highest BCUT2D eigenvalue weighted by molar-refractivity contribution is 7.71. The van der Waals surface area contributed by atoms with Gasteiger partial charge in [0.25, 0.3) is 0 Å². The Morgan fingerprint density at radius 2 is 2.13 bits per heavy atom. The smallest absolute Gasteiger partial charge is 0.178 e. The van der Waals surface area contributed by atoms with Crippen molar-refractivity contribution in [3.05, 3.63) is 57.7 Å². The number of imidazole rings is 1. The number of methoxy groups -OCH3 is 1. The molecule has 0 fully saturated rings. The highest BCUT2D eigenvalue weighted by atomic mass is 32.1. The van der Waals surface area contributed by atoms with Gasteiger partial charge in [0.2, 0.25) is 0 Å². The van der Waals surface area contributed by atoms with E-state index in [9.17, 15) is 0 Å². The lowest BCUT2D eigenvalue weighted by Crippen LogP contribution is -1.99. The minimum absolute atomic E-state index is 0.737. The molecule has 0 spiro atoms. The van der Waals surface area contributed by atoms with Crippen LogP contribution in [-0.4, -0.2) is 16.7 Å². The van der Waals surface area contributed by atoms with Gasteiger partial charge in [0.05, 0.1) is 24.7 Å². The molecule has 0 saturated carbocycles. The second-order valence-corrected chi connectivity index (χ2v) is 6.91. The highest BCUT2D eigenvalue weighted by Crippen LogP contribution is 2.30. The molecule has 0 saturated heterocycles. The minimum atomic E-state index is 0.737. The molecule has 2 aromatic carbocycles. The summed E-state index contributed by atoms with van der Waals surface area (Å²) in [5, 5.41) is 3.58. The van der Waals surface area contributed by atoms with Crippen molar-refractivity contribution in [2.75, 3.05) is 7.11 Å². The molecule has 0 aliphatic carbocycles. The van der Waals surface area contributed by atoms with Crippen molar-refractivity contribution >= 4 is 44.7 Å². The summed E-state index contributed by atoms with van der Waals surface area (Å²) in [6.45, 7) is 2.92. The first kappa shape index (κ1) is 14.5. The van der Waals surface area contributed by atoms with Crippen LogP contribution in [0.2, 0.25) is 0 Å². The Morgan fingerprint density at radius 1 is 1.26 bits per heavy atom. The Bertz CT molecular complexity index is 1070. The Kier molecular flexibility index (Phi) is 3.47. The fourth-order valence-corrected chi connectivity index (χ4v) is 4.35. The van der Waals surface area contributed by atoms with Crippen molar-refractivity contribution in [2.45, 2.75) is 13.5 Å². The molecule has 0 aliphatic heterocycles. The maximum Gasteiger partial charge on any atom is 0.178 e. The lowest BCUT2D eigenvalue weighted by Gasteiger charge is -2.06. The van der Waals surface area contributed by atoms with Gasteiger partial charge in [-0.25, -0.2) is 0 Å². The van der Waals surface area contributed by atoms with E-state index >= 15 is 0 Å². The standard InChI is InChI=1S/C18H16N2OS2/c1-11-4-3-5-16-17(11)12(10-23-16)9-20-15-8-13(21-2)6-7-14(15)19-18(20)22/h3-8,10H,9H2,1-2H3,(H,19,22). The minimum Gasteiger partial charge on any atom is -0.497 e.